The van der Waals surface area contributed by atoms with Crippen molar-refractivity contribution in [3.8, 4) is 0 Å². The minimum atomic E-state index is -0.276. The molecule has 0 atom stereocenters. The van der Waals surface area contributed by atoms with Gasteiger partial charge in [-0.15, -0.1) is 0 Å². The van der Waals surface area contributed by atoms with Crippen LogP contribution in [-0.4, -0.2) is 10.7 Å². The van der Waals surface area contributed by atoms with E-state index in [1.165, 1.54) is 23.9 Å². The van der Waals surface area contributed by atoms with Crippen molar-refractivity contribution in [3.05, 3.63) is 52.6 Å². The van der Waals surface area contributed by atoms with Gasteiger partial charge in [0, 0.05) is 16.3 Å². The van der Waals surface area contributed by atoms with E-state index in [4.69, 9.17) is 18.0 Å². The van der Waals surface area contributed by atoms with Gasteiger partial charge in [-0.25, -0.2) is 9.38 Å². The number of aliphatic imine (C=N–C) groups is 1. The normalized spacial score (nSPS) is 16.9. The summed E-state index contributed by atoms with van der Waals surface area (Å²) >= 11 is 6.46. The predicted octanol–water partition coefficient (Wildman–Crippen LogP) is 3.34. The highest BCUT2D eigenvalue weighted by Gasteiger charge is 2.14. The summed E-state index contributed by atoms with van der Waals surface area (Å²) in [6.07, 6.45) is 1.93. The first-order chi connectivity index (χ1) is 9.45. The van der Waals surface area contributed by atoms with Gasteiger partial charge in [0.1, 0.15) is 16.6 Å². The van der Waals surface area contributed by atoms with Crippen molar-refractivity contribution >= 4 is 34.7 Å². The summed E-state index contributed by atoms with van der Waals surface area (Å²) in [6.45, 7) is 3.85. The van der Waals surface area contributed by atoms with E-state index in [0.717, 1.165) is 16.3 Å². The molecule has 3 N–H and O–H groups in total. The average Bonchev–Trinajstić information content (AvgIpc) is 2.36. The third kappa shape index (κ3) is 3.68. The molecule has 1 aliphatic rings. The van der Waals surface area contributed by atoms with Crippen LogP contribution in [0.15, 0.2) is 56.7 Å². The number of halogens is 1. The Morgan fingerprint density at radius 3 is 2.50 bits per heavy atom. The lowest BCUT2D eigenvalue weighted by Crippen LogP contribution is -2.21. The first-order valence-electron chi connectivity index (χ1n) is 5.94. The number of nitrogens with two attached hydrogens (primary N) is 1. The van der Waals surface area contributed by atoms with Crippen LogP contribution in [0.4, 0.5) is 4.39 Å². The van der Waals surface area contributed by atoms with Crippen LogP contribution in [0.25, 0.3) is 0 Å². The number of hydrogen-bond acceptors (Lipinski definition) is 4. The van der Waals surface area contributed by atoms with Crippen molar-refractivity contribution in [2.45, 2.75) is 18.7 Å². The fourth-order valence-electron chi connectivity index (χ4n) is 1.72. The Morgan fingerprint density at radius 1 is 1.30 bits per heavy atom. The predicted molar refractivity (Wildman–Crippen MR) is 86.1 cm³/mol. The summed E-state index contributed by atoms with van der Waals surface area (Å²) in [4.78, 5) is 6.19. The summed E-state index contributed by atoms with van der Waals surface area (Å²) in [5, 5.41) is 3.15. The molecule has 1 aromatic carbocycles. The smallest absolute Gasteiger partial charge is 0.147 e. The number of nitrogens with zero attached hydrogens (tertiary/aromatic N) is 1. The van der Waals surface area contributed by atoms with Gasteiger partial charge >= 0.3 is 0 Å². The summed E-state index contributed by atoms with van der Waals surface area (Å²) in [7, 11) is 0. The van der Waals surface area contributed by atoms with Crippen LogP contribution in [0, 0.1) is 5.82 Å². The summed E-state index contributed by atoms with van der Waals surface area (Å²) in [5.74, 6) is 0.353. The van der Waals surface area contributed by atoms with E-state index >= 15 is 0 Å². The van der Waals surface area contributed by atoms with Crippen LogP contribution in [-0.2, 0) is 0 Å². The van der Waals surface area contributed by atoms with Gasteiger partial charge in [-0.3, -0.25) is 0 Å². The number of allylic oxidation sites excluding steroid dienone is 2. The summed E-state index contributed by atoms with van der Waals surface area (Å²) in [6, 6.07) is 6.16. The molecule has 1 heterocycles. The molecule has 0 bridgehead atoms. The number of benzene rings is 1. The van der Waals surface area contributed by atoms with Crippen LogP contribution in [0.3, 0.4) is 0 Å². The van der Waals surface area contributed by atoms with Gasteiger partial charge in [-0.1, -0.05) is 24.0 Å². The van der Waals surface area contributed by atoms with Gasteiger partial charge in [0.25, 0.3) is 0 Å². The molecule has 0 aliphatic carbocycles. The van der Waals surface area contributed by atoms with Gasteiger partial charge in [-0.05, 0) is 44.2 Å². The highest BCUT2D eigenvalue weighted by molar-refractivity contribution is 8.05. The Labute approximate surface area is 126 Å². The largest absolute Gasteiger partial charge is 0.389 e. The van der Waals surface area contributed by atoms with Crippen LogP contribution < -0.4 is 11.1 Å². The van der Waals surface area contributed by atoms with E-state index in [1.807, 2.05) is 19.9 Å². The van der Waals surface area contributed by atoms with Gasteiger partial charge in [-0.2, -0.15) is 0 Å². The average molecular weight is 307 g/mol. The number of hydrogen-bond donors (Lipinski definition) is 2. The second-order valence-corrected chi connectivity index (χ2v) is 5.83. The molecule has 0 radical (unpaired) electrons. The Balaban J connectivity index is 2.35. The molecule has 0 fully saturated rings. The lowest BCUT2D eigenvalue weighted by Gasteiger charge is -2.17. The van der Waals surface area contributed by atoms with E-state index in [2.05, 4.69) is 10.3 Å². The van der Waals surface area contributed by atoms with Crippen molar-refractivity contribution < 1.29 is 4.39 Å². The fourth-order valence-corrected chi connectivity index (χ4v) is 2.74. The Bertz CT molecular complexity index is 630. The highest BCUT2D eigenvalue weighted by atomic mass is 32.2. The van der Waals surface area contributed by atoms with Gasteiger partial charge < -0.3 is 11.1 Å². The van der Waals surface area contributed by atoms with Gasteiger partial charge in [0.15, 0.2) is 0 Å². The van der Waals surface area contributed by atoms with Crippen molar-refractivity contribution in [2.75, 3.05) is 0 Å². The first-order valence-corrected chi connectivity index (χ1v) is 7.16. The SMILES string of the molecule is CC1=CC(C)=N/C(=C(\Sc2ccc(F)cc2)C(N)=S)N1. The molecule has 20 heavy (non-hydrogen) atoms. The third-order valence-electron chi connectivity index (χ3n) is 2.50. The molecule has 0 saturated carbocycles. The first kappa shape index (κ1) is 14.7. The van der Waals surface area contributed by atoms with Crippen molar-refractivity contribution in [1.29, 1.82) is 0 Å². The zero-order valence-corrected chi connectivity index (χ0v) is 12.7. The molecule has 104 valence electrons. The molecular weight excluding hydrogens is 293 g/mol. The van der Waals surface area contributed by atoms with Crippen molar-refractivity contribution in [2.24, 2.45) is 10.7 Å². The zero-order valence-electron chi connectivity index (χ0n) is 11.1. The molecule has 0 unspecified atom stereocenters. The van der Waals surface area contributed by atoms with Crippen molar-refractivity contribution in [1.82, 2.24) is 5.32 Å². The molecule has 2 rings (SSSR count). The Hall–Kier alpha value is -1.66. The molecule has 0 saturated heterocycles. The lowest BCUT2D eigenvalue weighted by molar-refractivity contribution is 0.626. The van der Waals surface area contributed by atoms with Crippen LogP contribution >= 0.6 is 24.0 Å². The molecule has 0 amide bonds. The molecule has 1 aliphatic heterocycles. The lowest BCUT2D eigenvalue weighted by atomic mass is 10.3. The molecule has 1 aromatic rings. The zero-order chi connectivity index (χ0) is 14.7. The number of thiocarbonyl (C=S) groups is 1. The molecular formula is C14H14FN3S2. The molecule has 0 spiro atoms. The topological polar surface area (TPSA) is 50.4 Å². The van der Waals surface area contributed by atoms with E-state index in [0.29, 0.717) is 10.7 Å². The maximum absolute atomic E-state index is 12.9. The highest BCUT2D eigenvalue weighted by Crippen LogP contribution is 2.30. The Morgan fingerprint density at radius 2 is 1.95 bits per heavy atom. The van der Waals surface area contributed by atoms with Crippen LogP contribution in [0.1, 0.15) is 13.8 Å². The molecule has 0 aromatic heterocycles. The second kappa shape index (κ2) is 6.19. The van der Waals surface area contributed by atoms with Crippen molar-refractivity contribution in [3.63, 3.8) is 0 Å². The minimum Gasteiger partial charge on any atom is -0.389 e. The summed E-state index contributed by atoms with van der Waals surface area (Å²) < 4.78 is 12.9. The van der Waals surface area contributed by atoms with E-state index in [-0.39, 0.29) is 10.8 Å². The summed E-state index contributed by atoms with van der Waals surface area (Å²) in [5.41, 5.74) is 7.64. The standard InChI is InChI=1S/C14H14FN3S2/c1-8-7-9(2)18-14(17-8)12(13(16)19)20-11-5-3-10(15)4-6-11/h3-7,17H,1-2H3,(H2,16,19)/b14-12-. The van der Waals surface area contributed by atoms with E-state index in [9.17, 15) is 4.39 Å². The molecule has 6 heteroatoms. The maximum atomic E-state index is 12.9. The van der Waals surface area contributed by atoms with Crippen LogP contribution in [0.5, 0.6) is 0 Å². The molecule has 3 nitrogen and oxygen atoms in total. The third-order valence-corrected chi connectivity index (χ3v) is 3.96. The van der Waals surface area contributed by atoms with Gasteiger partial charge in [0.2, 0.25) is 0 Å². The second-order valence-electron chi connectivity index (χ2n) is 4.30. The fraction of sp³-hybridized carbons (Fsp3) is 0.143. The quantitative estimate of drug-likeness (QED) is 0.511. The number of rotatable bonds is 3. The monoisotopic (exact) mass is 307 g/mol. The number of nitrogens with one attached hydrogen (secondary N) is 1. The van der Waals surface area contributed by atoms with Crippen LogP contribution in [0.2, 0.25) is 0 Å². The van der Waals surface area contributed by atoms with E-state index < -0.39 is 0 Å². The maximum Gasteiger partial charge on any atom is 0.147 e. The van der Waals surface area contributed by atoms with E-state index in [1.54, 1.807) is 12.1 Å². The van der Waals surface area contributed by atoms with Gasteiger partial charge in [0.05, 0.1) is 4.91 Å². The number of thioether (sulfide) groups is 1. The minimum absolute atomic E-state index is 0.257. The Kier molecular flexibility index (Phi) is 4.57.